The summed E-state index contributed by atoms with van der Waals surface area (Å²) in [6.07, 6.45) is 4.26. The smallest absolute Gasteiger partial charge is 0.152 e. The van der Waals surface area contributed by atoms with Crippen LogP contribution in [-0.4, -0.2) is 16.5 Å². The molecule has 0 saturated heterocycles. The number of nitrogens with one attached hydrogen (secondary N) is 1. The Morgan fingerprint density at radius 1 is 1.35 bits per heavy atom. The normalized spacial score (nSPS) is 17.1. The average molecular weight is 226 g/mol. The van der Waals surface area contributed by atoms with E-state index in [9.17, 15) is 0 Å². The summed E-state index contributed by atoms with van der Waals surface area (Å²) in [5.74, 6) is 1.30. The number of anilines is 2. The molecule has 1 atom stereocenters. The van der Waals surface area contributed by atoms with Crippen molar-refractivity contribution in [2.45, 2.75) is 12.3 Å². The molecule has 0 spiro atoms. The van der Waals surface area contributed by atoms with Gasteiger partial charge in [-0.3, -0.25) is 0 Å². The second kappa shape index (κ2) is 4.05. The number of aromatic nitrogens is 2. The third-order valence-electron chi connectivity index (χ3n) is 3.22. The van der Waals surface area contributed by atoms with Crippen molar-refractivity contribution < 1.29 is 0 Å². The molecule has 1 unspecified atom stereocenters. The quantitative estimate of drug-likeness (QED) is 0.837. The summed E-state index contributed by atoms with van der Waals surface area (Å²) < 4.78 is 0. The molecule has 0 aliphatic heterocycles. The first-order valence-electron chi connectivity index (χ1n) is 5.72. The Bertz CT molecular complexity index is 538. The van der Waals surface area contributed by atoms with Gasteiger partial charge in [-0.25, -0.2) is 9.97 Å². The van der Waals surface area contributed by atoms with Gasteiger partial charge in [0, 0.05) is 12.5 Å². The summed E-state index contributed by atoms with van der Waals surface area (Å²) in [6.45, 7) is 0.873. The number of hydrogen-bond donors (Lipinski definition) is 2. The highest BCUT2D eigenvalue weighted by atomic mass is 15.0. The van der Waals surface area contributed by atoms with Crippen LogP contribution >= 0.6 is 0 Å². The molecule has 4 nitrogen and oxygen atoms in total. The van der Waals surface area contributed by atoms with Gasteiger partial charge in [-0.15, -0.1) is 0 Å². The summed E-state index contributed by atoms with van der Waals surface area (Å²) in [4.78, 5) is 7.98. The second-order valence-corrected chi connectivity index (χ2v) is 4.31. The van der Waals surface area contributed by atoms with Crippen LogP contribution in [0.15, 0.2) is 36.8 Å². The van der Waals surface area contributed by atoms with Crippen molar-refractivity contribution in [2.24, 2.45) is 0 Å². The number of rotatable bonds is 3. The zero-order valence-corrected chi connectivity index (χ0v) is 9.43. The molecule has 1 aliphatic carbocycles. The summed E-state index contributed by atoms with van der Waals surface area (Å²) in [5, 5.41) is 3.28. The molecule has 3 rings (SSSR count). The van der Waals surface area contributed by atoms with Gasteiger partial charge in [0.2, 0.25) is 0 Å². The standard InChI is InChI=1S/C13H14N4/c14-12-7-15-8-17-13(12)16-6-10-5-9-3-1-2-4-11(9)10/h1-4,7-8,10H,5-6,14H2,(H,15,16,17). The highest BCUT2D eigenvalue weighted by molar-refractivity contribution is 5.59. The molecular weight excluding hydrogens is 212 g/mol. The van der Waals surface area contributed by atoms with Crippen LogP contribution in [0.5, 0.6) is 0 Å². The maximum Gasteiger partial charge on any atom is 0.152 e. The fourth-order valence-electron chi connectivity index (χ4n) is 2.25. The van der Waals surface area contributed by atoms with Crippen LogP contribution in [0.1, 0.15) is 17.0 Å². The molecule has 0 radical (unpaired) electrons. The molecule has 86 valence electrons. The first-order chi connectivity index (χ1) is 8.34. The van der Waals surface area contributed by atoms with E-state index < -0.39 is 0 Å². The van der Waals surface area contributed by atoms with Crippen LogP contribution in [-0.2, 0) is 6.42 Å². The van der Waals surface area contributed by atoms with Crippen molar-refractivity contribution in [1.82, 2.24) is 9.97 Å². The van der Waals surface area contributed by atoms with Crippen molar-refractivity contribution in [3.63, 3.8) is 0 Å². The van der Waals surface area contributed by atoms with E-state index in [-0.39, 0.29) is 0 Å². The Balaban J connectivity index is 1.66. The fourth-order valence-corrected chi connectivity index (χ4v) is 2.25. The van der Waals surface area contributed by atoms with Crippen LogP contribution in [0.4, 0.5) is 11.5 Å². The van der Waals surface area contributed by atoms with Gasteiger partial charge in [-0.1, -0.05) is 24.3 Å². The van der Waals surface area contributed by atoms with Crippen molar-refractivity contribution in [2.75, 3.05) is 17.6 Å². The summed E-state index contributed by atoms with van der Waals surface area (Å²) in [7, 11) is 0. The number of nitrogen functional groups attached to an aromatic ring is 1. The van der Waals surface area contributed by atoms with E-state index in [0.717, 1.165) is 18.8 Å². The Hall–Kier alpha value is -2.10. The van der Waals surface area contributed by atoms with Crippen LogP contribution in [0, 0.1) is 0 Å². The summed E-state index contributed by atoms with van der Waals surface area (Å²) in [5.41, 5.74) is 9.26. The van der Waals surface area contributed by atoms with Crippen molar-refractivity contribution in [3.05, 3.63) is 47.9 Å². The van der Waals surface area contributed by atoms with Gasteiger partial charge in [-0.2, -0.15) is 0 Å². The lowest BCUT2D eigenvalue weighted by molar-refractivity contribution is 0.634. The lowest BCUT2D eigenvalue weighted by atomic mass is 9.77. The van der Waals surface area contributed by atoms with E-state index in [1.807, 2.05) is 0 Å². The van der Waals surface area contributed by atoms with E-state index in [0.29, 0.717) is 11.6 Å². The summed E-state index contributed by atoms with van der Waals surface area (Å²) >= 11 is 0. The molecule has 0 bridgehead atoms. The van der Waals surface area contributed by atoms with E-state index in [1.165, 1.54) is 17.5 Å². The minimum absolute atomic E-state index is 0.570. The number of benzene rings is 1. The molecule has 1 heterocycles. The predicted octanol–water partition coefficient (Wildman–Crippen LogP) is 1.81. The topological polar surface area (TPSA) is 63.8 Å². The fraction of sp³-hybridized carbons (Fsp3) is 0.231. The van der Waals surface area contributed by atoms with Crippen LogP contribution in [0.25, 0.3) is 0 Å². The highest BCUT2D eigenvalue weighted by Gasteiger charge is 2.25. The number of fused-ring (bicyclic) bond motifs is 1. The van der Waals surface area contributed by atoms with Gasteiger partial charge < -0.3 is 11.1 Å². The van der Waals surface area contributed by atoms with Crippen LogP contribution in [0.3, 0.4) is 0 Å². The Morgan fingerprint density at radius 3 is 3.06 bits per heavy atom. The predicted molar refractivity (Wildman–Crippen MR) is 67.8 cm³/mol. The lowest BCUT2D eigenvalue weighted by Crippen LogP contribution is -2.24. The van der Waals surface area contributed by atoms with Crippen molar-refractivity contribution >= 4 is 11.5 Å². The SMILES string of the molecule is Nc1cncnc1NCC1Cc2ccccc21. The van der Waals surface area contributed by atoms with E-state index in [4.69, 9.17) is 5.73 Å². The van der Waals surface area contributed by atoms with Crippen molar-refractivity contribution in [1.29, 1.82) is 0 Å². The number of nitrogens with two attached hydrogens (primary N) is 1. The maximum atomic E-state index is 5.77. The van der Waals surface area contributed by atoms with Gasteiger partial charge in [0.1, 0.15) is 6.33 Å². The maximum absolute atomic E-state index is 5.77. The Morgan fingerprint density at radius 2 is 2.24 bits per heavy atom. The molecule has 0 fully saturated rings. The average Bonchev–Trinajstić information content (AvgIpc) is 2.32. The highest BCUT2D eigenvalue weighted by Crippen LogP contribution is 2.34. The van der Waals surface area contributed by atoms with Gasteiger partial charge in [0.15, 0.2) is 5.82 Å². The van der Waals surface area contributed by atoms with E-state index in [2.05, 4.69) is 39.6 Å². The van der Waals surface area contributed by atoms with Crippen LogP contribution < -0.4 is 11.1 Å². The first kappa shape index (κ1) is 10.1. The van der Waals surface area contributed by atoms with Gasteiger partial charge >= 0.3 is 0 Å². The molecule has 0 saturated carbocycles. The molecule has 17 heavy (non-hydrogen) atoms. The Labute approximate surface area is 99.9 Å². The lowest BCUT2D eigenvalue weighted by Gasteiger charge is -2.30. The third-order valence-corrected chi connectivity index (χ3v) is 3.22. The van der Waals surface area contributed by atoms with Gasteiger partial charge in [0.25, 0.3) is 0 Å². The Kier molecular flexibility index (Phi) is 2.40. The van der Waals surface area contributed by atoms with E-state index in [1.54, 1.807) is 6.20 Å². The molecule has 2 aromatic rings. The van der Waals surface area contributed by atoms with Crippen molar-refractivity contribution in [3.8, 4) is 0 Å². The molecule has 4 heteroatoms. The minimum atomic E-state index is 0.570. The van der Waals surface area contributed by atoms with Crippen LogP contribution in [0.2, 0.25) is 0 Å². The molecule has 0 amide bonds. The van der Waals surface area contributed by atoms with Gasteiger partial charge in [0.05, 0.1) is 11.9 Å². The largest absolute Gasteiger partial charge is 0.394 e. The number of hydrogen-bond acceptors (Lipinski definition) is 4. The molecular formula is C13H14N4. The first-order valence-corrected chi connectivity index (χ1v) is 5.72. The molecule has 3 N–H and O–H groups in total. The molecule has 1 aliphatic rings. The van der Waals surface area contributed by atoms with Gasteiger partial charge in [-0.05, 0) is 17.5 Å². The zero-order chi connectivity index (χ0) is 11.7. The number of nitrogens with zero attached hydrogens (tertiary/aromatic N) is 2. The second-order valence-electron chi connectivity index (χ2n) is 4.31. The molecule has 1 aromatic carbocycles. The zero-order valence-electron chi connectivity index (χ0n) is 9.43. The van der Waals surface area contributed by atoms with E-state index >= 15 is 0 Å². The molecule has 1 aromatic heterocycles. The summed E-state index contributed by atoms with van der Waals surface area (Å²) in [6, 6.07) is 8.55. The minimum Gasteiger partial charge on any atom is -0.394 e. The monoisotopic (exact) mass is 226 g/mol. The third kappa shape index (κ3) is 1.82.